The van der Waals surface area contributed by atoms with Crippen molar-refractivity contribution in [3.05, 3.63) is 0 Å². The van der Waals surface area contributed by atoms with Crippen LogP contribution < -0.4 is 5.32 Å². The molecular weight excluding hydrogens is 136 g/mol. The third kappa shape index (κ3) is 2.90. The maximum absolute atomic E-state index is 8.50. The Kier molecular flexibility index (Phi) is 3.38. The van der Waals surface area contributed by atoms with Gasteiger partial charge in [0.15, 0.2) is 0 Å². The molecule has 1 aliphatic carbocycles. The number of nitriles is 1. The van der Waals surface area contributed by atoms with Crippen molar-refractivity contribution in [1.82, 2.24) is 5.32 Å². The summed E-state index contributed by atoms with van der Waals surface area (Å²) in [6.07, 6.45) is 5.47. The molecule has 1 saturated carbocycles. The molecular formula is C9H16N2. The minimum Gasteiger partial charge on any atom is -0.302 e. The average Bonchev–Trinajstić information content (AvgIpc) is 2.52. The number of hydrogen-bond donors (Lipinski definition) is 1. The van der Waals surface area contributed by atoms with Crippen LogP contribution in [0.2, 0.25) is 0 Å². The highest BCUT2D eigenvalue weighted by molar-refractivity contribution is 4.86. The van der Waals surface area contributed by atoms with Crippen molar-refractivity contribution in [1.29, 1.82) is 5.26 Å². The van der Waals surface area contributed by atoms with Crippen LogP contribution in [-0.2, 0) is 0 Å². The second kappa shape index (κ2) is 4.35. The van der Waals surface area contributed by atoms with Crippen LogP contribution in [0.25, 0.3) is 0 Å². The molecule has 1 unspecified atom stereocenters. The van der Waals surface area contributed by atoms with Crippen LogP contribution in [0.3, 0.4) is 0 Å². The molecule has 11 heavy (non-hydrogen) atoms. The monoisotopic (exact) mass is 152 g/mol. The van der Waals surface area contributed by atoms with Gasteiger partial charge in [-0.25, -0.2) is 0 Å². The Morgan fingerprint density at radius 2 is 2.18 bits per heavy atom. The van der Waals surface area contributed by atoms with E-state index in [9.17, 15) is 0 Å². The van der Waals surface area contributed by atoms with Gasteiger partial charge in [0.05, 0.1) is 12.1 Å². The summed E-state index contributed by atoms with van der Waals surface area (Å²) < 4.78 is 0. The number of rotatable bonds is 3. The summed E-state index contributed by atoms with van der Waals surface area (Å²) in [6, 6.07) is 2.20. The van der Waals surface area contributed by atoms with E-state index in [1.54, 1.807) is 0 Å². The van der Waals surface area contributed by atoms with E-state index in [1.165, 1.54) is 25.7 Å². The van der Waals surface area contributed by atoms with Gasteiger partial charge in [0, 0.05) is 0 Å². The van der Waals surface area contributed by atoms with E-state index in [1.807, 2.05) is 6.92 Å². The summed E-state index contributed by atoms with van der Waals surface area (Å²) in [6.45, 7) is 2.95. The molecule has 2 heteroatoms. The van der Waals surface area contributed by atoms with Crippen molar-refractivity contribution in [3.8, 4) is 6.07 Å². The fraction of sp³-hybridized carbons (Fsp3) is 0.889. The molecule has 0 saturated heterocycles. The Bertz CT molecular complexity index is 142. The van der Waals surface area contributed by atoms with E-state index >= 15 is 0 Å². The van der Waals surface area contributed by atoms with Gasteiger partial charge in [-0.2, -0.15) is 5.26 Å². The first-order valence-corrected chi connectivity index (χ1v) is 4.46. The molecule has 0 radical (unpaired) electrons. The molecule has 1 aliphatic rings. The summed E-state index contributed by atoms with van der Waals surface area (Å²) in [7, 11) is 0. The Hall–Kier alpha value is -0.550. The van der Waals surface area contributed by atoms with Crippen LogP contribution in [0, 0.1) is 17.2 Å². The van der Waals surface area contributed by atoms with Crippen LogP contribution in [0.4, 0.5) is 0 Å². The lowest BCUT2D eigenvalue weighted by Gasteiger charge is -2.10. The van der Waals surface area contributed by atoms with Gasteiger partial charge in [0.1, 0.15) is 0 Å². The third-order valence-corrected chi connectivity index (χ3v) is 2.38. The molecule has 0 heterocycles. The van der Waals surface area contributed by atoms with Crippen LogP contribution in [0.5, 0.6) is 0 Å². The first kappa shape index (κ1) is 8.55. The first-order chi connectivity index (χ1) is 5.33. The normalized spacial score (nSPS) is 21.5. The zero-order valence-corrected chi connectivity index (χ0v) is 7.14. The number of hydrogen-bond acceptors (Lipinski definition) is 2. The maximum Gasteiger partial charge on any atom is 0.0924 e. The van der Waals surface area contributed by atoms with Crippen LogP contribution in [0.15, 0.2) is 0 Å². The van der Waals surface area contributed by atoms with E-state index in [2.05, 4.69) is 11.4 Å². The van der Waals surface area contributed by atoms with E-state index in [0.29, 0.717) is 0 Å². The first-order valence-electron chi connectivity index (χ1n) is 4.46. The summed E-state index contributed by atoms with van der Waals surface area (Å²) in [5.41, 5.74) is 0. The van der Waals surface area contributed by atoms with Gasteiger partial charge in [-0.3, -0.25) is 0 Å². The lowest BCUT2D eigenvalue weighted by molar-refractivity contribution is 0.476. The molecule has 0 aromatic heterocycles. The summed E-state index contributed by atoms with van der Waals surface area (Å²) >= 11 is 0. The van der Waals surface area contributed by atoms with Gasteiger partial charge in [-0.1, -0.05) is 12.8 Å². The lowest BCUT2D eigenvalue weighted by Crippen LogP contribution is -2.29. The lowest BCUT2D eigenvalue weighted by atomic mass is 10.1. The van der Waals surface area contributed by atoms with Gasteiger partial charge < -0.3 is 5.32 Å². The van der Waals surface area contributed by atoms with E-state index < -0.39 is 0 Å². The predicted octanol–water partition coefficient (Wildman–Crippen LogP) is 1.68. The highest BCUT2D eigenvalue weighted by Crippen LogP contribution is 2.23. The smallest absolute Gasteiger partial charge is 0.0924 e. The molecule has 62 valence electrons. The van der Waals surface area contributed by atoms with Crippen LogP contribution >= 0.6 is 0 Å². The second-order valence-corrected chi connectivity index (χ2v) is 3.41. The van der Waals surface area contributed by atoms with E-state index in [0.717, 1.165) is 12.5 Å². The Morgan fingerprint density at radius 3 is 2.73 bits per heavy atom. The second-order valence-electron chi connectivity index (χ2n) is 3.41. The van der Waals surface area contributed by atoms with Crippen molar-refractivity contribution >= 4 is 0 Å². The van der Waals surface area contributed by atoms with E-state index in [4.69, 9.17) is 5.26 Å². The SMILES string of the molecule is CC(C#N)NCC1CCCC1. The molecule has 0 spiro atoms. The minimum absolute atomic E-state index is 0.0237. The Morgan fingerprint density at radius 1 is 1.55 bits per heavy atom. The fourth-order valence-corrected chi connectivity index (χ4v) is 1.60. The molecule has 0 aromatic rings. The minimum atomic E-state index is 0.0237. The maximum atomic E-state index is 8.50. The zero-order chi connectivity index (χ0) is 8.10. The molecule has 1 fully saturated rings. The zero-order valence-electron chi connectivity index (χ0n) is 7.14. The Labute approximate surface area is 68.6 Å². The topological polar surface area (TPSA) is 35.8 Å². The largest absolute Gasteiger partial charge is 0.302 e. The van der Waals surface area contributed by atoms with Crippen LogP contribution in [0.1, 0.15) is 32.6 Å². The van der Waals surface area contributed by atoms with Crippen molar-refractivity contribution < 1.29 is 0 Å². The molecule has 1 rings (SSSR count). The van der Waals surface area contributed by atoms with Crippen molar-refractivity contribution in [2.45, 2.75) is 38.6 Å². The van der Waals surface area contributed by atoms with Gasteiger partial charge in [0.2, 0.25) is 0 Å². The van der Waals surface area contributed by atoms with Crippen LogP contribution in [-0.4, -0.2) is 12.6 Å². The van der Waals surface area contributed by atoms with Crippen molar-refractivity contribution in [3.63, 3.8) is 0 Å². The van der Waals surface area contributed by atoms with Gasteiger partial charge >= 0.3 is 0 Å². The quantitative estimate of drug-likeness (QED) is 0.667. The van der Waals surface area contributed by atoms with Gasteiger partial charge in [-0.15, -0.1) is 0 Å². The number of nitrogens with one attached hydrogen (secondary N) is 1. The molecule has 2 nitrogen and oxygen atoms in total. The van der Waals surface area contributed by atoms with Crippen molar-refractivity contribution in [2.75, 3.05) is 6.54 Å². The molecule has 1 N–H and O–H groups in total. The summed E-state index contributed by atoms with van der Waals surface area (Å²) in [5, 5.41) is 11.7. The highest BCUT2D eigenvalue weighted by atomic mass is 14.9. The average molecular weight is 152 g/mol. The summed E-state index contributed by atoms with van der Waals surface area (Å²) in [4.78, 5) is 0. The third-order valence-electron chi connectivity index (χ3n) is 2.38. The molecule has 1 atom stereocenters. The van der Waals surface area contributed by atoms with E-state index in [-0.39, 0.29) is 6.04 Å². The number of nitrogens with zero attached hydrogens (tertiary/aromatic N) is 1. The van der Waals surface area contributed by atoms with Gasteiger partial charge in [-0.05, 0) is 32.2 Å². The Balaban J connectivity index is 2.07. The summed E-state index contributed by atoms with van der Waals surface area (Å²) in [5.74, 6) is 0.839. The van der Waals surface area contributed by atoms with Crippen molar-refractivity contribution in [2.24, 2.45) is 5.92 Å². The predicted molar refractivity (Wildman–Crippen MR) is 45.0 cm³/mol. The molecule has 0 aliphatic heterocycles. The fourth-order valence-electron chi connectivity index (χ4n) is 1.60. The molecule has 0 bridgehead atoms. The molecule has 0 aromatic carbocycles. The highest BCUT2D eigenvalue weighted by Gasteiger charge is 2.14. The standard InChI is InChI=1S/C9H16N2/c1-8(6-10)11-7-9-4-2-3-5-9/h8-9,11H,2-5,7H2,1H3. The molecule has 0 amide bonds. The van der Waals surface area contributed by atoms with Gasteiger partial charge in [0.25, 0.3) is 0 Å².